The third-order valence-electron chi connectivity index (χ3n) is 5.03. The molecule has 13 nitrogen and oxygen atoms in total. The second-order valence-electron chi connectivity index (χ2n) is 10.3. The molecule has 37 heavy (non-hydrogen) atoms. The summed E-state index contributed by atoms with van der Waals surface area (Å²) in [6.07, 6.45) is 7.58. The minimum atomic E-state index is -3.86. The van der Waals surface area contributed by atoms with Crippen LogP contribution in [-0.2, 0) is 39.2 Å². The number of allylic oxidation sites excluding steroid dienone is 2. The van der Waals surface area contributed by atoms with E-state index in [1.165, 1.54) is 16.9 Å². The molecule has 0 aliphatic carbocycles. The summed E-state index contributed by atoms with van der Waals surface area (Å²) in [6, 6.07) is 0. The maximum Gasteiger partial charge on any atom is 0.340 e. The number of fused-ring (bicyclic) bond motifs is 2. The molecular formula is C23H32N5O8P. The van der Waals surface area contributed by atoms with Crippen LogP contribution in [0.15, 0.2) is 35.7 Å². The Morgan fingerprint density at radius 2 is 1.59 bits per heavy atom. The number of H-pyrrole nitrogens is 1. The van der Waals surface area contributed by atoms with Crippen LogP contribution in [0.4, 0.5) is 0 Å². The molecule has 0 atom stereocenters. The molecule has 0 fully saturated rings. The van der Waals surface area contributed by atoms with E-state index >= 15 is 0 Å². The van der Waals surface area contributed by atoms with Crippen molar-refractivity contribution in [2.45, 2.75) is 48.1 Å². The van der Waals surface area contributed by atoms with Gasteiger partial charge < -0.3 is 19.0 Å². The minimum Gasteiger partial charge on any atom is -0.438 e. The van der Waals surface area contributed by atoms with Gasteiger partial charge in [-0.25, -0.2) is 14.4 Å². The van der Waals surface area contributed by atoms with Crippen molar-refractivity contribution in [3.8, 4) is 0 Å². The number of hydrogen-bond donors (Lipinski definition) is 1. The summed E-state index contributed by atoms with van der Waals surface area (Å²) in [5, 5.41) is 0. The third kappa shape index (κ3) is 7.15. The van der Waals surface area contributed by atoms with Gasteiger partial charge in [0.1, 0.15) is 5.65 Å². The Labute approximate surface area is 213 Å². The largest absolute Gasteiger partial charge is 0.438 e. The number of esters is 2. The number of ether oxygens (including phenoxy) is 2. The molecule has 0 radical (unpaired) electrons. The lowest BCUT2D eigenvalue weighted by molar-refractivity contribution is -0.161. The molecule has 0 saturated heterocycles. The van der Waals surface area contributed by atoms with Gasteiger partial charge >= 0.3 is 19.5 Å². The normalized spacial score (nSPS) is 13.0. The van der Waals surface area contributed by atoms with Crippen molar-refractivity contribution in [1.29, 1.82) is 0 Å². The fourth-order valence-electron chi connectivity index (χ4n) is 2.88. The number of aromatic amines is 1. The predicted molar refractivity (Wildman–Crippen MR) is 134 cm³/mol. The SMILES string of the molecule is CC(C)(C)C(=O)OCOP(=O)(C/C=C/Cn1cnc2c(=O)n3ccnc3[nH]c21)OCOC(=O)C(C)(C)C. The van der Waals surface area contributed by atoms with Gasteiger partial charge in [0.05, 0.1) is 23.3 Å². The zero-order chi connectivity index (χ0) is 27.4. The van der Waals surface area contributed by atoms with Crippen LogP contribution < -0.4 is 5.56 Å². The van der Waals surface area contributed by atoms with Gasteiger partial charge in [-0.05, 0) is 41.5 Å². The molecule has 202 valence electrons. The van der Waals surface area contributed by atoms with E-state index in [1.807, 2.05) is 0 Å². The molecule has 0 unspecified atom stereocenters. The van der Waals surface area contributed by atoms with Crippen LogP contribution in [0, 0.1) is 10.8 Å². The monoisotopic (exact) mass is 537 g/mol. The van der Waals surface area contributed by atoms with Crippen LogP contribution in [0.2, 0.25) is 0 Å². The first-order valence-electron chi connectivity index (χ1n) is 11.5. The fraction of sp³-hybridized carbons (Fsp3) is 0.522. The highest BCUT2D eigenvalue weighted by Crippen LogP contribution is 2.48. The summed E-state index contributed by atoms with van der Waals surface area (Å²) >= 11 is 0. The summed E-state index contributed by atoms with van der Waals surface area (Å²) in [6.45, 7) is 9.12. The van der Waals surface area contributed by atoms with E-state index in [4.69, 9.17) is 18.5 Å². The number of nitrogens with zero attached hydrogens (tertiary/aromatic N) is 4. The lowest BCUT2D eigenvalue weighted by atomic mass is 9.98. The molecule has 0 saturated carbocycles. The van der Waals surface area contributed by atoms with Crippen LogP contribution in [0.3, 0.4) is 0 Å². The second kappa shape index (κ2) is 11.0. The Balaban J connectivity index is 1.67. The van der Waals surface area contributed by atoms with Crippen LogP contribution in [-0.4, -0.2) is 55.6 Å². The van der Waals surface area contributed by atoms with Crippen molar-refractivity contribution in [2.75, 3.05) is 19.7 Å². The van der Waals surface area contributed by atoms with Gasteiger partial charge in [0, 0.05) is 18.9 Å². The summed E-state index contributed by atoms with van der Waals surface area (Å²) in [5.41, 5.74) is -1.12. The quantitative estimate of drug-likeness (QED) is 0.176. The Morgan fingerprint density at radius 3 is 2.16 bits per heavy atom. The van der Waals surface area contributed by atoms with E-state index in [-0.39, 0.29) is 23.8 Å². The number of rotatable bonds is 10. The molecule has 3 rings (SSSR count). The molecule has 0 bridgehead atoms. The van der Waals surface area contributed by atoms with E-state index in [0.717, 1.165) is 0 Å². The molecule has 3 heterocycles. The minimum absolute atomic E-state index is 0.194. The van der Waals surface area contributed by atoms with Crippen LogP contribution >= 0.6 is 7.60 Å². The van der Waals surface area contributed by atoms with E-state index in [0.29, 0.717) is 11.4 Å². The van der Waals surface area contributed by atoms with Crippen LogP contribution in [0.1, 0.15) is 41.5 Å². The number of aromatic nitrogens is 5. The van der Waals surface area contributed by atoms with Crippen molar-refractivity contribution in [3.05, 3.63) is 41.2 Å². The molecule has 0 aliphatic rings. The molecule has 0 amide bonds. The van der Waals surface area contributed by atoms with Gasteiger partial charge in [0.25, 0.3) is 5.56 Å². The highest BCUT2D eigenvalue weighted by atomic mass is 31.2. The van der Waals surface area contributed by atoms with Crippen LogP contribution in [0.5, 0.6) is 0 Å². The van der Waals surface area contributed by atoms with Crippen molar-refractivity contribution >= 4 is 36.5 Å². The Hall–Kier alpha value is -3.28. The van der Waals surface area contributed by atoms with Gasteiger partial charge in [0.15, 0.2) is 5.52 Å². The Morgan fingerprint density at radius 1 is 1.00 bits per heavy atom. The first-order chi connectivity index (χ1) is 17.2. The molecule has 0 aliphatic heterocycles. The second-order valence-corrected chi connectivity index (χ2v) is 12.4. The van der Waals surface area contributed by atoms with Gasteiger partial charge in [-0.2, -0.15) is 0 Å². The van der Waals surface area contributed by atoms with E-state index < -0.39 is 44.0 Å². The molecule has 0 aromatic carbocycles. The summed E-state index contributed by atoms with van der Waals surface area (Å²) in [5.74, 6) is -0.702. The zero-order valence-corrected chi connectivity index (χ0v) is 22.6. The molecule has 3 aromatic heterocycles. The van der Waals surface area contributed by atoms with Gasteiger partial charge in [-0.15, -0.1) is 0 Å². The topological polar surface area (TPSA) is 156 Å². The average Bonchev–Trinajstić information content (AvgIpc) is 3.43. The standard InChI is InChI=1S/C23H32N5O8P/c1-22(2,3)19(30)33-14-35-37(32,36-15-34-20(31)23(4,5)6)12-8-7-10-27-13-25-16-17(27)26-21-24-9-11-28(21)18(16)29/h7-9,11,13H,10,12,14-15H2,1-6H3,(H,24,26)/b8-7+. The molecule has 14 heteroatoms. The maximum atomic E-state index is 13.3. The lowest BCUT2D eigenvalue weighted by Crippen LogP contribution is -2.25. The number of nitrogens with one attached hydrogen (secondary N) is 1. The van der Waals surface area contributed by atoms with Crippen molar-refractivity contribution in [3.63, 3.8) is 0 Å². The van der Waals surface area contributed by atoms with Crippen molar-refractivity contribution < 1.29 is 32.7 Å². The average molecular weight is 538 g/mol. The molecule has 1 N–H and O–H groups in total. The molecule has 0 spiro atoms. The van der Waals surface area contributed by atoms with Gasteiger partial charge in [0.2, 0.25) is 19.4 Å². The summed E-state index contributed by atoms with van der Waals surface area (Å²) < 4.78 is 37.0. The highest BCUT2D eigenvalue weighted by molar-refractivity contribution is 7.54. The molecule has 3 aromatic rings. The number of hydrogen-bond acceptors (Lipinski definition) is 10. The van der Waals surface area contributed by atoms with Gasteiger partial charge in [-0.3, -0.25) is 28.0 Å². The fourth-order valence-corrected chi connectivity index (χ4v) is 4.00. The first kappa shape index (κ1) is 28.3. The summed E-state index contributed by atoms with van der Waals surface area (Å²) in [7, 11) is -3.86. The van der Waals surface area contributed by atoms with E-state index in [9.17, 15) is 18.9 Å². The van der Waals surface area contributed by atoms with E-state index in [2.05, 4.69) is 15.0 Å². The first-order valence-corrected chi connectivity index (χ1v) is 13.2. The number of carbonyl (C=O) groups is 2. The smallest absolute Gasteiger partial charge is 0.340 e. The Kier molecular flexibility index (Phi) is 8.41. The number of imidazole rings is 2. The predicted octanol–water partition coefficient (Wildman–Crippen LogP) is 3.25. The molecular weight excluding hydrogens is 505 g/mol. The zero-order valence-electron chi connectivity index (χ0n) is 21.7. The highest BCUT2D eigenvalue weighted by Gasteiger charge is 2.29. The number of carbonyl (C=O) groups excluding carboxylic acids is 2. The van der Waals surface area contributed by atoms with Crippen molar-refractivity contribution in [1.82, 2.24) is 23.9 Å². The lowest BCUT2D eigenvalue weighted by Gasteiger charge is -2.21. The van der Waals surface area contributed by atoms with Crippen LogP contribution in [0.25, 0.3) is 16.9 Å². The maximum absolute atomic E-state index is 13.3. The summed E-state index contributed by atoms with van der Waals surface area (Å²) in [4.78, 5) is 47.8. The van der Waals surface area contributed by atoms with Gasteiger partial charge in [-0.1, -0.05) is 12.2 Å². The third-order valence-corrected chi connectivity index (χ3v) is 6.69. The van der Waals surface area contributed by atoms with E-state index in [1.54, 1.807) is 64.5 Å². The Bertz CT molecular complexity index is 1370. The van der Waals surface area contributed by atoms with Crippen molar-refractivity contribution in [2.24, 2.45) is 10.8 Å².